The molecule has 6 nitrogen and oxygen atoms in total. The number of aromatic nitrogens is 2. The number of alkyl halides is 6. The molecule has 0 aromatic carbocycles. The third-order valence-electron chi connectivity index (χ3n) is 5.13. The Morgan fingerprint density at radius 3 is 2.48 bits per heavy atom. The van der Waals surface area contributed by atoms with Crippen LogP contribution >= 0.6 is 22.6 Å². The third-order valence-corrected chi connectivity index (χ3v) is 8.54. The molecule has 2 aromatic heterocycles. The van der Waals surface area contributed by atoms with Crippen molar-refractivity contribution in [1.82, 2.24) is 9.38 Å². The first kappa shape index (κ1) is 24.4. The molecule has 3 atom stereocenters. The van der Waals surface area contributed by atoms with Gasteiger partial charge in [0.2, 0.25) is 0 Å². The van der Waals surface area contributed by atoms with E-state index in [1.807, 2.05) is 28.7 Å². The molecule has 2 bridgehead atoms. The molecule has 0 amide bonds. The molecule has 4 rings (SSSR count). The number of nitrogens with one attached hydrogen (secondary N) is 1. The van der Waals surface area contributed by atoms with Crippen LogP contribution in [-0.4, -0.2) is 59.7 Å². The Labute approximate surface area is 192 Å². The summed E-state index contributed by atoms with van der Waals surface area (Å²) >= 11 is 0.429. The molecular formula is C17H17F6IN4O2Se. The first-order valence-corrected chi connectivity index (χ1v) is 12.0. The number of hydrogen-bond acceptors (Lipinski definition) is 4. The molecule has 3 N–H and O–H groups in total. The summed E-state index contributed by atoms with van der Waals surface area (Å²) in [4.78, 5) is 13.2. The predicted octanol–water partition coefficient (Wildman–Crippen LogP) is 0.755. The SMILES string of the molecule is FC(F)(F)[Se]c1c(I)cc2c(N[C@@H]3CC[C@@H]4CC[C@H]3[NH2+]4)nccn12.O=C([O-])C(F)(F)F. The molecule has 2 aliphatic heterocycles. The van der Waals surface area contributed by atoms with E-state index in [-0.39, 0.29) is 0 Å². The average molecular weight is 629 g/mol. The van der Waals surface area contributed by atoms with Crippen molar-refractivity contribution >= 4 is 59.4 Å². The van der Waals surface area contributed by atoms with E-state index in [2.05, 4.69) is 15.6 Å². The fourth-order valence-corrected chi connectivity index (χ4v) is 6.31. The maximum atomic E-state index is 12.9. The fourth-order valence-electron chi connectivity index (χ4n) is 3.85. The normalized spacial score (nSPS) is 23.4. The van der Waals surface area contributed by atoms with Crippen molar-refractivity contribution in [3.63, 3.8) is 0 Å². The zero-order valence-electron chi connectivity index (χ0n) is 15.6. The number of hydrogen-bond donors (Lipinski definition) is 2. The maximum absolute atomic E-state index is 12.9. The standard InChI is InChI=1S/C15H16F3IN4Se.C2HF3O2/c16-15(17,18)24-14-9(19)7-12-13(20-5-6-23(12)14)22-11-4-2-8-1-3-10(11)21-8;3-2(4,5)1(6)7/h5-8,10-11,21H,1-4H2,(H,20,22);(H,6,7)/t8-,10+,11+;/m0./s1. The summed E-state index contributed by atoms with van der Waals surface area (Å²) in [6, 6.07) is 3.46. The van der Waals surface area contributed by atoms with Gasteiger partial charge in [0.15, 0.2) is 0 Å². The quantitative estimate of drug-likeness (QED) is 0.299. The van der Waals surface area contributed by atoms with Crippen LogP contribution in [0, 0.1) is 3.57 Å². The van der Waals surface area contributed by atoms with E-state index >= 15 is 0 Å². The molecule has 31 heavy (non-hydrogen) atoms. The van der Waals surface area contributed by atoms with E-state index in [4.69, 9.17) is 9.90 Å². The average Bonchev–Trinajstić information content (AvgIpc) is 3.18. The molecule has 0 spiro atoms. The number of carbonyl (C=O) groups excluding carboxylic acids is 1. The molecule has 0 saturated carbocycles. The monoisotopic (exact) mass is 630 g/mol. The molecule has 14 heteroatoms. The van der Waals surface area contributed by atoms with Crippen molar-refractivity contribution in [2.24, 2.45) is 0 Å². The van der Waals surface area contributed by atoms with Crippen LogP contribution in [0.3, 0.4) is 0 Å². The van der Waals surface area contributed by atoms with Gasteiger partial charge in [-0.1, -0.05) is 0 Å². The second-order valence-corrected chi connectivity index (χ2v) is 10.6. The molecule has 2 aliphatic rings. The molecule has 2 fully saturated rings. The molecule has 4 heterocycles. The van der Waals surface area contributed by atoms with Gasteiger partial charge in [-0.2, -0.15) is 13.2 Å². The Kier molecular flexibility index (Phi) is 7.33. The van der Waals surface area contributed by atoms with Gasteiger partial charge >= 0.3 is 164 Å². The number of fused-ring (bicyclic) bond motifs is 3. The Bertz CT molecular complexity index is 951. The second kappa shape index (κ2) is 9.32. The van der Waals surface area contributed by atoms with E-state index in [1.54, 1.807) is 16.8 Å². The number of nitrogens with zero attached hydrogens (tertiary/aromatic N) is 2. The van der Waals surface area contributed by atoms with Crippen molar-refractivity contribution in [3.8, 4) is 0 Å². The number of halogens is 7. The summed E-state index contributed by atoms with van der Waals surface area (Å²) in [6.45, 7) is 0. The summed E-state index contributed by atoms with van der Waals surface area (Å²) in [6.07, 6.45) is 2.79. The number of carboxylic acid groups (broad SMARTS) is 1. The first-order valence-electron chi connectivity index (χ1n) is 9.16. The number of carboxylic acids is 1. The van der Waals surface area contributed by atoms with Crippen molar-refractivity contribution in [1.29, 1.82) is 0 Å². The van der Waals surface area contributed by atoms with E-state index in [0.717, 1.165) is 18.0 Å². The van der Waals surface area contributed by atoms with Gasteiger partial charge < -0.3 is 9.90 Å². The largest absolute Gasteiger partial charge is 0.542 e. The van der Waals surface area contributed by atoms with Crippen LogP contribution in [0.2, 0.25) is 0 Å². The third kappa shape index (κ3) is 6.17. The van der Waals surface area contributed by atoms with Crippen LogP contribution < -0.4 is 20.3 Å². The minimum absolute atomic E-state index is 0.339. The number of piperidine rings is 1. The van der Waals surface area contributed by atoms with Crippen molar-refractivity contribution in [3.05, 3.63) is 22.0 Å². The Balaban J connectivity index is 0.000000339. The molecule has 2 saturated heterocycles. The van der Waals surface area contributed by atoms with Gasteiger partial charge in [0.1, 0.15) is 5.97 Å². The zero-order chi connectivity index (χ0) is 23.0. The number of aliphatic carboxylic acids is 1. The smallest absolute Gasteiger partial charge is 0.430 e. The summed E-state index contributed by atoms with van der Waals surface area (Å²) in [5, 5.41) is 10.6. The molecule has 0 radical (unpaired) electrons. The zero-order valence-corrected chi connectivity index (χ0v) is 19.5. The van der Waals surface area contributed by atoms with Crippen LogP contribution in [0.15, 0.2) is 18.5 Å². The Hall–Kier alpha value is -1.25. The Morgan fingerprint density at radius 2 is 1.87 bits per heavy atom. The molecule has 0 aliphatic carbocycles. The Morgan fingerprint density at radius 1 is 1.23 bits per heavy atom. The number of quaternary nitrogens is 1. The fraction of sp³-hybridized carbons (Fsp3) is 0.529. The van der Waals surface area contributed by atoms with Crippen LogP contribution in [-0.2, 0) is 4.79 Å². The minimum atomic E-state index is -5.19. The minimum Gasteiger partial charge on any atom is -0.542 e. The van der Waals surface area contributed by atoms with Crippen LogP contribution in [0.5, 0.6) is 0 Å². The summed E-state index contributed by atoms with van der Waals surface area (Å²) < 4.78 is 72.8. The van der Waals surface area contributed by atoms with Crippen molar-refractivity contribution in [2.75, 3.05) is 5.32 Å². The van der Waals surface area contributed by atoms with Gasteiger partial charge in [-0.3, -0.25) is 0 Å². The van der Waals surface area contributed by atoms with Gasteiger partial charge in [-0.05, 0) is 0 Å². The molecular weight excluding hydrogens is 612 g/mol. The van der Waals surface area contributed by atoms with Gasteiger partial charge in [0.25, 0.3) is 0 Å². The predicted molar refractivity (Wildman–Crippen MR) is 106 cm³/mol. The maximum Gasteiger partial charge on any atom is 0.430 e. The topological polar surface area (TPSA) is 86.1 Å². The van der Waals surface area contributed by atoms with Crippen LogP contribution in [0.25, 0.3) is 5.52 Å². The van der Waals surface area contributed by atoms with Gasteiger partial charge in [0, 0.05) is 0 Å². The van der Waals surface area contributed by atoms with Crippen molar-refractivity contribution < 1.29 is 41.6 Å². The number of carbonyl (C=O) groups is 1. The van der Waals surface area contributed by atoms with Crippen molar-refractivity contribution in [2.45, 2.75) is 55.1 Å². The molecule has 0 unspecified atom stereocenters. The number of rotatable bonds is 3. The van der Waals surface area contributed by atoms with Gasteiger partial charge in [-0.15, -0.1) is 0 Å². The second-order valence-electron chi connectivity index (χ2n) is 7.18. The first-order chi connectivity index (χ1) is 14.3. The van der Waals surface area contributed by atoms with Gasteiger partial charge in [-0.25, -0.2) is 0 Å². The number of nitrogens with two attached hydrogens (primary N) is 1. The van der Waals surface area contributed by atoms with Gasteiger partial charge in [0.05, 0.1) is 0 Å². The van der Waals surface area contributed by atoms with E-state index in [1.165, 1.54) is 19.3 Å². The van der Waals surface area contributed by atoms with Crippen LogP contribution in [0.1, 0.15) is 25.7 Å². The van der Waals surface area contributed by atoms with E-state index in [9.17, 15) is 26.3 Å². The number of anilines is 1. The summed E-state index contributed by atoms with van der Waals surface area (Å²) in [5.74, 6) is -2.31. The summed E-state index contributed by atoms with van der Waals surface area (Å²) in [7, 11) is 0. The van der Waals surface area contributed by atoms with Crippen LogP contribution in [0.4, 0.5) is 32.2 Å². The molecule has 2 aromatic rings. The van der Waals surface area contributed by atoms with E-state index in [0.29, 0.717) is 26.1 Å². The van der Waals surface area contributed by atoms with E-state index < -0.39 is 32.2 Å². The summed E-state index contributed by atoms with van der Waals surface area (Å²) in [5.41, 5.74) is 0.739. The molecule has 172 valence electrons.